The first-order valence-electron chi connectivity index (χ1n) is 7.92. The van der Waals surface area contributed by atoms with Crippen LogP contribution in [0, 0.1) is 19.8 Å². The molecule has 0 amide bonds. The monoisotopic (exact) mass is 298 g/mol. The SMILES string of the molecule is Cc1ccc(CNc2cc(C)nc(NCCC(C)C)n2)cc1. The summed E-state index contributed by atoms with van der Waals surface area (Å²) < 4.78 is 0. The number of hydrogen-bond acceptors (Lipinski definition) is 4. The van der Waals surface area contributed by atoms with Gasteiger partial charge in [-0.15, -0.1) is 0 Å². The molecule has 0 saturated heterocycles. The van der Waals surface area contributed by atoms with Gasteiger partial charge in [-0.25, -0.2) is 4.98 Å². The van der Waals surface area contributed by atoms with Gasteiger partial charge in [-0.3, -0.25) is 0 Å². The first-order valence-corrected chi connectivity index (χ1v) is 7.92. The van der Waals surface area contributed by atoms with E-state index in [1.165, 1.54) is 11.1 Å². The van der Waals surface area contributed by atoms with Crippen molar-refractivity contribution < 1.29 is 0 Å². The number of aryl methyl sites for hydroxylation is 2. The zero-order chi connectivity index (χ0) is 15.9. The Morgan fingerprint density at radius 2 is 1.73 bits per heavy atom. The van der Waals surface area contributed by atoms with E-state index in [4.69, 9.17) is 0 Å². The Labute approximate surface area is 133 Å². The quantitative estimate of drug-likeness (QED) is 0.805. The van der Waals surface area contributed by atoms with E-state index < -0.39 is 0 Å². The molecule has 1 aromatic heterocycles. The van der Waals surface area contributed by atoms with Crippen molar-refractivity contribution in [2.24, 2.45) is 5.92 Å². The van der Waals surface area contributed by atoms with E-state index in [1.54, 1.807) is 0 Å². The van der Waals surface area contributed by atoms with Crippen LogP contribution in [0.4, 0.5) is 11.8 Å². The maximum absolute atomic E-state index is 4.53. The van der Waals surface area contributed by atoms with Crippen LogP contribution in [0.3, 0.4) is 0 Å². The number of anilines is 2. The highest BCUT2D eigenvalue weighted by Crippen LogP contribution is 2.12. The molecule has 2 N–H and O–H groups in total. The molecule has 1 heterocycles. The van der Waals surface area contributed by atoms with Crippen molar-refractivity contribution in [3.63, 3.8) is 0 Å². The van der Waals surface area contributed by atoms with Gasteiger partial charge in [-0.05, 0) is 31.7 Å². The number of hydrogen-bond donors (Lipinski definition) is 2. The lowest BCUT2D eigenvalue weighted by atomic mass is 10.1. The van der Waals surface area contributed by atoms with Crippen molar-refractivity contribution in [2.45, 2.75) is 40.7 Å². The first kappa shape index (κ1) is 16.3. The number of nitrogens with one attached hydrogen (secondary N) is 2. The predicted molar refractivity (Wildman–Crippen MR) is 93.2 cm³/mol. The van der Waals surface area contributed by atoms with E-state index in [9.17, 15) is 0 Å². The maximum atomic E-state index is 4.53. The Morgan fingerprint density at radius 3 is 2.41 bits per heavy atom. The van der Waals surface area contributed by atoms with Gasteiger partial charge in [-0.2, -0.15) is 4.98 Å². The van der Waals surface area contributed by atoms with Crippen LogP contribution in [-0.2, 0) is 6.54 Å². The Balaban J connectivity index is 1.95. The van der Waals surface area contributed by atoms with Gasteiger partial charge in [-0.1, -0.05) is 43.7 Å². The molecule has 0 fully saturated rings. The molecule has 0 spiro atoms. The van der Waals surface area contributed by atoms with Crippen LogP contribution in [0.15, 0.2) is 30.3 Å². The van der Waals surface area contributed by atoms with Crippen molar-refractivity contribution in [1.29, 1.82) is 0 Å². The summed E-state index contributed by atoms with van der Waals surface area (Å²) in [6, 6.07) is 10.5. The third-order valence-corrected chi connectivity index (χ3v) is 3.45. The van der Waals surface area contributed by atoms with E-state index in [0.29, 0.717) is 11.9 Å². The Morgan fingerprint density at radius 1 is 1.00 bits per heavy atom. The molecule has 0 aliphatic heterocycles. The van der Waals surface area contributed by atoms with Crippen LogP contribution in [-0.4, -0.2) is 16.5 Å². The van der Waals surface area contributed by atoms with E-state index >= 15 is 0 Å². The molecule has 2 aromatic rings. The van der Waals surface area contributed by atoms with Crippen LogP contribution in [0.1, 0.15) is 37.1 Å². The Bertz CT molecular complexity index is 591. The fourth-order valence-corrected chi connectivity index (χ4v) is 2.11. The maximum Gasteiger partial charge on any atom is 0.224 e. The zero-order valence-electron chi connectivity index (χ0n) is 14.0. The summed E-state index contributed by atoms with van der Waals surface area (Å²) in [5, 5.41) is 6.67. The van der Waals surface area contributed by atoms with Crippen molar-refractivity contribution >= 4 is 11.8 Å². The lowest BCUT2D eigenvalue weighted by molar-refractivity contribution is 0.606. The summed E-state index contributed by atoms with van der Waals surface area (Å²) >= 11 is 0. The minimum Gasteiger partial charge on any atom is -0.366 e. The summed E-state index contributed by atoms with van der Waals surface area (Å²) in [6.45, 7) is 10.2. The highest BCUT2D eigenvalue weighted by atomic mass is 15.1. The fourth-order valence-electron chi connectivity index (χ4n) is 2.11. The molecule has 118 valence electrons. The molecule has 2 rings (SSSR count). The highest BCUT2D eigenvalue weighted by Gasteiger charge is 2.03. The molecule has 0 saturated carbocycles. The molecule has 0 radical (unpaired) electrons. The lowest BCUT2D eigenvalue weighted by Crippen LogP contribution is -2.10. The number of nitrogens with zero attached hydrogens (tertiary/aromatic N) is 2. The Hall–Kier alpha value is -2.10. The number of benzene rings is 1. The second-order valence-electron chi connectivity index (χ2n) is 6.17. The third kappa shape index (κ3) is 5.35. The molecule has 0 aliphatic carbocycles. The van der Waals surface area contributed by atoms with Gasteiger partial charge in [0.2, 0.25) is 5.95 Å². The highest BCUT2D eigenvalue weighted by molar-refractivity contribution is 5.42. The second-order valence-corrected chi connectivity index (χ2v) is 6.17. The normalized spacial score (nSPS) is 10.8. The van der Waals surface area contributed by atoms with E-state index in [1.807, 2.05) is 13.0 Å². The molecule has 22 heavy (non-hydrogen) atoms. The standard InChI is InChI=1S/C18H26N4/c1-13(2)9-10-19-18-21-15(4)11-17(22-18)20-12-16-7-5-14(3)6-8-16/h5-8,11,13H,9-10,12H2,1-4H3,(H2,19,20,21,22). The minimum atomic E-state index is 0.677. The van der Waals surface area contributed by atoms with Gasteiger partial charge in [0.25, 0.3) is 0 Å². The zero-order valence-corrected chi connectivity index (χ0v) is 14.0. The van der Waals surface area contributed by atoms with E-state index in [0.717, 1.165) is 31.0 Å². The van der Waals surface area contributed by atoms with Crippen LogP contribution < -0.4 is 10.6 Å². The van der Waals surface area contributed by atoms with Crippen LogP contribution in [0.25, 0.3) is 0 Å². The van der Waals surface area contributed by atoms with Crippen molar-refractivity contribution in [3.8, 4) is 0 Å². The predicted octanol–water partition coefficient (Wildman–Crippen LogP) is 4.16. The van der Waals surface area contributed by atoms with Crippen LogP contribution in [0.2, 0.25) is 0 Å². The number of aromatic nitrogens is 2. The van der Waals surface area contributed by atoms with Crippen molar-refractivity contribution in [2.75, 3.05) is 17.2 Å². The van der Waals surface area contributed by atoms with E-state index in [-0.39, 0.29) is 0 Å². The molecular weight excluding hydrogens is 272 g/mol. The molecule has 0 unspecified atom stereocenters. The average molecular weight is 298 g/mol. The average Bonchev–Trinajstić information content (AvgIpc) is 2.46. The minimum absolute atomic E-state index is 0.677. The lowest BCUT2D eigenvalue weighted by Gasteiger charge is -2.11. The Kier molecular flexibility index (Phi) is 5.75. The van der Waals surface area contributed by atoms with Gasteiger partial charge in [0.15, 0.2) is 0 Å². The van der Waals surface area contributed by atoms with Gasteiger partial charge < -0.3 is 10.6 Å². The summed E-state index contributed by atoms with van der Waals surface area (Å²) in [7, 11) is 0. The molecule has 0 atom stereocenters. The van der Waals surface area contributed by atoms with Crippen LogP contribution in [0.5, 0.6) is 0 Å². The topological polar surface area (TPSA) is 49.8 Å². The molecule has 4 nitrogen and oxygen atoms in total. The van der Waals surface area contributed by atoms with Gasteiger partial charge in [0.1, 0.15) is 5.82 Å². The van der Waals surface area contributed by atoms with Gasteiger partial charge >= 0.3 is 0 Å². The molecule has 0 bridgehead atoms. The molecular formula is C18H26N4. The summed E-state index contributed by atoms with van der Waals surface area (Å²) in [6.07, 6.45) is 1.11. The summed E-state index contributed by atoms with van der Waals surface area (Å²) in [5.74, 6) is 2.24. The van der Waals surface area contributed by atoms with Crippen LogP contribution >= 0.6 is 0 Å². The smallest absolute Gasteiger partial charge is 0.224 e. The largest absolute Gasteiger partial charge is 0.366 e. The molecule has 0 aliphatic rings. The number of rotatable bonds is 7. The van der Waals surface area contributed by atoms with Gasteiger partial charge in [0, 0.05) is 24.8 Å². The second kappa shape index (κ2) is 7.78. The van der Waals surface area contributed by atoms with Crippen molar-refractivity contribution in [3.05, 3.63) is 47.2 Å². The summed E-state index contributed by atoms with van der Waals surface area (Å²) in [4.78, 5) is 8.96. The summed E-state index contributed by atoms with van der Waals surface area (Å²) in [5.41, 5.74) is 3.49. The third-order valence-electron chi connectivity index (χ3n) is 3.45. The van der Waals surface area contributed by atoms with Gasteiger partial charge in [0.05, 0.1) is 0 Å². The fraction of sp³-hybridized carbons (Fsp3) is 0.444. The molecule has 1 aromatic carbocycles. The molecule has 4 heteroatoms. The van der Waals surface area contributed by atoms with Crippen molar-refractivity contribution in [1.82, 2.24) is 9.97 Å². The first-order chi connectivity index (χ1) is 10.5. The van der Waals surface area contributed by atoms with E-state index in [2.05, 4.69) is 65.6 Å².